The zero-order chi connectivity index (χ0) is 33.6. The van der Waals surface area contributed by atoms with E-state index in [1.54, 1.807) is 30.3 Å². The molecule has 3 amide bonds. The minimum absolute atomic E-state index is 0.0859. The van der Waals surface area contributed by atoms with Crippen molar-refractivity contribution in [2.75, 3.05) is 6.54 Å². The van der Waals surface area contributed by atoms with Crippen molar-refractivity contribution in [3.8, 4) is 6.07 Å². The van der Waals surface area contributed by atoms with Gasteiger partial charge in [0, 0.05) is 5.56 Å². The van der Waals surface area contributed by atoms with Crippen molar-refractivity contribution in [3.63, 3.8) is 0 Å². The monoisotopic (exact) mass is 646 g/mol. The number of hydrogen-bond acceptors (Lipinski definition) is 5. The topological polar surface area (TPSA) is 128 Å². The summed E-state index contributed by atoms with van der Waals surface area (Å²) in [4.78, 5) is 53.1. The highest BCUT2D eigenvalue weighted by atomic mass is 31.2. The molecule has 0 bridgehead atoms. The lowest BCUT2D eigenvalue weighted by molar-refractivity contribution is -0.129. The number of benzene rings is 4. The van der Waals surface area contributed by atoms with Crippen molar-refractivity contribution in [1.82, 2.24) is 16.0 Å². The molecular weight excluding hydrogens is 607 g/mol. The minimum Gasteiger partial charge on any atom is -0.344 e. The van der Waals surface area contributed by atoms with Crippen LogP contribution in [-0.2, 0) is 14.4 Å². The highest BCUT2D eigenvalue weighted by Gasteiger charge is 2.36. The number of carbonyl (C=O) groups excluding carboxylic acids is 4. The first-order valence-electron chi connectivity index (χ1n) is 15.6. The van der Waals surface area contributed by atoms with Crippen LogP contribution >= 0.6 is 6.89 Å². The molecule has 0 saturated heterocycles. The molecule has 0 aliphatic carbocycles. The lowest BCUT2D eigenvalue weighted by Gasteiger charge is -2.31. The van der Waals surface area contributed by atoms with Gasteiger partial charge in [-0.2, -0.15) is 5.26 Å². The Morgan fingerprint density at radius 2 is 1.19 bits per heavy atom. The Kier molecular flexibility index (Phi) is 12.4. The molecule has 240 valence electrons. The van der Waals surface area contributed by atoms with Crippen LogP contribution in [0.5, 0.6) is 0 Å². The summed E-state index contributed by atoms with van der Waals surface area (Å²) in [5.74, 6) is -1.99. The molecule has 2 atom stereocenters. The number of rotatable bonds is 14. The third-order valence-electron chi connectivity index (χ3n) is 7.80. The predicted molar refractivity (Wildman–Crippen MR) is 189 cm³/mol. The number of nitrogens with zero attached hydrogens (tertiary/aromatic N) is 1. The van der Waals surface area contributed by atoms with Gasteiger partial charge in [-0.25, -0.2) is 0 Å². The summed E-state index contributed by atoms with van der Waals surface area (Å²) in [5.41, 5.74) is 0.411. The quantitative estimate of drug-likeness (QED) is 0.179. The second-order valence-corrected chi connectivity index (χ2v) is 14.4. The molecule has 47 heavy (non-hydrogen) atoms. The maximum atomic E-state index is 14.7. The molecule has 0 saturated carbocycles. The van der Waals surface area contributed by atoms with Gasteiger partial charge in [-0.15, -0.1) is 0 Å². The first-order chi connectivity index (χ1) is 22.8. The number of ketones is 1. The Hall–Kier alpha value is -5.25. The number of nitrogens with one attached hydrogen (secondary N) is 3. The predicted octanol–water partition coefficient (Wildman–Crippen LogP) is 3.86. The Balaban J connectivity index is 1.68. The van der Waals surface area contributed by atoms with Gasteiger partial charge in [-0.05, 0) is 48.3 Å². The van der Waals surface area contributed by atoms with Gasteiger partial charge in [-0.3, -0.25) is 19.2 Å². The van der Waals surface area contributed by atoms with Gasteiger partial charge >= 0.3 is 0 Å². The maximum absolute atomic E-state index is 14.7. The van der Waals surface area contributed by atoms with Gasteiger partial charge in [0.15, 0.2) is 5.78 Å². The molecule has 9 heteroatoms. The van der Waals surface area contributed by atoms with Crippen molar-refractivity contribution in [1.29, 1.82) is 5.26 Å². The smallest absolute Gasteiger partial charge is 0.251 e. The van der Waals surface area contributed by atoms with E-state index in [1.807, 2.05) is 97.9 Å². The van der Waals surface area contributed by atoms with E-state index in [9.17, 15) is 24.4 Å². The maximum Gasteiger partial charge on any atom is 0.251 e. The SMILES string of the molecule is CCCCC(NC(=O)C(C)NC(=O)CNC(=O)c1ccccc1)C(=O)C(C#N)=P(c1ccccc1)(c1ccccc1)c1ccccc1. The van der Waals surface area contributed by atoms with Gasteiger partial charge in [0.1, 0.15) is 17.4 Å². The summed E-state index contributed by atoms with van der Waals surface area (Å²) >= 11 is 0. The fourth-order valence-electron chi connectivity index (χ4n) is 5.43. The third-order valence-corrected chi connectivity index (χ3v) is 12.0. The van der Waals surface area contributed by atoms with E-state index in [1.165, 1.54) is 6.92 Å². The van der Waals surface area contributed by atoms with E-state index in [4.69, 9.17) is 0 Å². The molecule has 0 aromatic heterocycles. The summed E-state index contributed by atoms with van der Waals surface area (Å²) in [6.07, 6.45) is 1.72. The molecule has 3 N–H and O–H groups in total. The number of nitriles is 1. The summed E-state index contributed by atoms with van der Waals surface area (Å²) in [6, 6.07) is 37.6. The van der Waals surface area contributed by atoms with Crippen molar-refractivity contribution >= 4 is 51.6 Å². The summed E-state index contributed by atoms with van der Waals surface area (Å²) < 4.78 is 0. The highest BCUT2D eigenvalue weighted by Crippen LogP contribution is 2.46. The lowest BCUT2D eigenvalue weighted by Crippen LogP contribution is -2.53. The molecule has 8 nitrogen and oxygen atoms in total. The standard InChI is InChI=1S/C38H39N4O4P/c1-3-4-25-33(42-37(45)28(2)41-35(43)27-40-38(46)29-17-9-5-10-18-29)36(44)34(26-39)47(30-19-11-6-12-20-30,31-21-13-7-14-22-31)32-23-15-8-16-24-32/h5-24,28,33H,3-4,25,27H2,1-2H3,(H,40,46)(H,41,43)(H,42,45). The number of unbranched alkanes of at least 4 members (excludes halogenated alkanes) is 1. The molecule has 0 heterocycles. The zero-order valence-corrected chi connectivity index (χ0v) is 27.5. The van der Waals surface area contributed by atoms with Crippen molar-refractivity contribution in [2.24, 2.45) is 0 Å². The van der Waals surface area contributed by atoms with Gasteiger partial charge in [0.2, 0.25) is 11.8 Å². The Bertz CT molecular complexity index is 1670. The first kappa shape index (κ1) is 34.6. The molecule has 4 aromatic rings. The van der Waals surface area contributed by atoms with Gasteiger partial charge in [-0.1, -0.05) is 129 Å². The average Bonchev–Trinajstić information content (AvgIpc) is 3.12. The third kappa shape index (κ3) is 8.32. The van der Waals surface area contributed by atoms with Crippen LogP contribution in [0.2, 0.25) is 0 Å². The fourth-order valence-corrected chi connectivity index (χ4v) is 9.60. The van der Waals surface area contributed by atoms with Crippen LogP contribution in [0, 0.1) is 11.3 Å². The fraction of sp³-hybridized carbons (Fsp3) is 0.211. The molecule has 0 aliphatic rings. The van der Waals surface area contributed by atoms with E-state index < -0.39 is 42.5 Å². The Morgan fingerprint density at radius 3 is 1.64 bits per heavy atom. The van der Waals surface area contributed by atoms with Crippen LogP contribution in [-0.4, -0.2) is 47.4 Å². The molecule has 0 radical (unpaired) electrons. The van der Waals surface area contributed by atoms with Gasteiger partial charge in [0.25, 0.3) is 5.91 Å². The molecule has 0 fully saturated rings. The van der Waals surface area contributed by atoms with Crippen molar-refractivity contribution in [2.45, 2.75) is 45.2 Å². The molecule has 0 spiro atoms. The van der Waals surface area contributed by atoms with E-state index in [2.05, 4.69) is 22.0 Å². The molecule has 4 aromatic carbocycles. The molecular formula is C38H39N4O4P. The second kappa shape index (κ2) is 16.9. The van der Waals surface area contributed by atoms with Crippen LogP contribution in [0.1, 0.15) is 43.5 Å². The average molecular weight is 647 g/mol. The largest absolute Gasteiger partial charge is 0.344 e. The molecule has 0 aliphatic heterocycles. The van der Waals surface area contributed by atoms with Crippen LogP contribution in [0.15, 0.2) is 121 Å². The molecule has 2 unspecified atom stereocenters. The van der Waals surface area contributed by atoms with Crippen LogP contribution in [0.25, 0.3) is 0 Å². The van der Waals surface area contributed by atoms with E-state index >= 15 is 0 Å². The van der Waals surface area contributed by atoms with Gasteiger partial charge in [0.05, 0.1) is 12.6 Å². The van der Waals surface area contributed by atoms with Crippen LogP contribution < -0.4 is 31.9 Å². The van der Waals surface area contributed by atoms with E-state index in [0.717, 1.165) is 22.3 Å². The minimum atomic E-state index is -2.99. The second-order valence-electron chi connectivity index (χ2n) is 11.0. The lowest BCUT2D eigenvalue weighted by atomic mass is 10.0. The normalized spacial score (nSPS) is 12.1. The number of hydrogen-bond donors (Lipinski definition) is 3. The van der Waals surface area contributed by atoms with E-state index in [-0.39, 0.29) is 11.8 Å². The Labute approximate surface area is 276 Å². The van der Waals surface area contributed by atoms with Crippen LogP contribution in [0.4, 0.5) is 0 Å². The Morgan fingerprint density at radius 1 is 0.723 bits per heavy atom. The van der Waals surface area contributed by atoms with Gasteiger partial charge < -0.3 is 16.0 Å². The first-order valence-corrected chi connectivity index (χ1v) is 17.4. The van der Waals surface area contributed by atoms with Crippen molar-refractivity contribution in [3.05, 3.63) is 127 Å². The number of Topliss-reactive ketones (excluding diaryl/α,β-unsaturated/α-hetero) is 1. The molecule has 4 rings (SSSR count). The summed E-state index contributed by atoms with van der Waals surface area (Å²) in [6.45, 7) is 0.178. The van der Waals surface area contributed by atoms with Crippen molar-refractivity contribution < 1.29 is 19.2 Å². The highest BCUT2D eigenvalue weighted by molar-refractivity contribution is 7.97. The summed E-state index contributed by atoms with van der Waals surface area (Å²) in [5, 5.41) is 21.5. The number of carbonyl (C=O) groups is 4. The van der Waals surface area contributed by atoms with E-state index in [0.29, 0.717) is 18.4 Å². The number of amides is 3. The summed E-state index contributed by atoms with van der Waals surface area (Å²) in [7, 11) is 0. The van der Waals surface area contributed by atoms with Crippen LogP contribution in [0.3, 0.4) is 0 Å². The zero-order valence-electron chi connectivity index (χ0n) is 26.6.